The van der Waals surface area contributed by atoms with Crippen LogP contribution in [0.25, 0.3) is 0 Å². The fourth-order valence-electron chi connectivity index (χ4n) is 3.04. The summed E-state index contributed by atoms with van der Waals surface area (Å²) in [5, 5.41) is 8.03. The van der Waals surface area contributed by atoms with E-state index in [0.29, 0.717) is 0 Å². The van der Waals surface area contributed by atoms with Gasteiger partial charge in [-0.05, 0) is 44.9 Å². The largest absolute Gasteiger partial charge is 0.357 e. The molecule has 140 valence electrons. The third kappa shape index (κ3) is 6.59. The van der Waals surface area contributed by atoms with E-state index in [1.807, 2.05) is 17.5 Å². The second-order valence-corrected chi connectivity index (χ2v) is 8.38. The van der Waals surface area contributed by atoms with Crippen LogP contribution in [0.4, 0.5) is 0 Å². The van der Waals surface area contributed by atoms with Gasteiger partial charge < -0.3 is 10.6 Å². The maximum Gasteiger partial charge on any atom is 0.191 e. The van der Waals surface area contributed by atoms with Crippen molar-refractivity contribution in [1.29, 1.82) is 0 Å². The van der Waals surface area contributed by atoms with Gasteiger partial charge in [-0.15, -0.1) is 11.3 Å². The number of thiazole rings is 1. The Hall–Kier alpha value is -1.14. The Labute approximate surface area is 156 Å². The summed E-state index contributed by atoms with van der Waals surface area (Å²) in [7, 11) is 0. The summed E-state index contributed by atoms with van der Waals surface area (Å²) < 4.78 is 0. The molecule has 2 N–H and O–H groups in total. The lowest BCUT2D eigenvalue weighted by atomic mass is 10.3. The highest BCUT2D eigenvalue weighted by atomic mass is 32.1. The van der Waals surface area contributed by atoms with Crippen LogP contribution in [0.3, 0.4) is 0 Å². The maximum absolute atomic E-state index is 4.78. The van der Waals surface area contributed by atoms with Crippen LogP contribution in [0.2, 0.25) is 0 Å². The number of nitrogens with one attached hydrogen (secondary N) is 2. The Bertz CT molecular complexity index is 548. The second-order valence-electron chi connectivity index (χ2n) is 7.18. The predicted octanol–water partition coefficient (Wildman–Crippen LogP) is 2.68. The van der Waals surface area contributed by atoms with Crippen molar-refractivity contribution in [2.45, 2.75) is 58.4 Å². The molecule has 0 aliphatic heterocycles. The van der Waals surface area contributed by atoms with Crippen LogP contribution in [-0.2, 0) is 12.8 Å². The Balaban J connectivity index is 1.40. The molecule has 0 aromatic carbocycles. The third-order valence-corrected chi connectivity index (χ3v) is 6.04. The number of aromatic nitrogens is 1. The molecule has 2 aliphatic rings. The van der Waals surface area contributed by atoms with E-state index in [4.69, 9.17) is 4.99 Å². The van der Waals surface area contributed by atoms with Crippen LogP contribution in [0.1, 0.15) is 49.4 Å². The van der Waals surface area contributed by atoms with E-state index in [0.717, 1.165) is 56.9 Å². The van der Waals surface area contributed by atoms with Crippen molar-refractivity contribution in [2.75, 3.05) is 32.7 Å². The molecule has 1 aromatic rings. The summed E-state index contributed by atoms with van der Waals surface area (Å²) in [5.74, 6) is 1.92. The molecule has 25 heavy (non-hydrogen) atoms. The van der Waals surface area contributed by atoms with Crippen LogP contribution in [0.15, 0.2) is 11.2 Å². The number of guanidine groups is 1. The molecular weight excluding hydrogens is 330 g/mol. The van der Waals surface area contributed by atoms with Gasteiger partial charge in [0.2, 0.25) is 0 Å². The third-order valence-electron chi connectivity index (χ3n) is 4.84. The summed E-state index contributed by atoms with van der Waals surface area (Å²) in [4.78, 5) is 13.3. The van der Waals surface area contributed by atoms with Gasteiger partial charge in [-0.25, -0.2) is 4.98 Å². The van der Waals surface area contributed by atoms with Gasteiger partial charge in [-0.1, -0.05) is 6.92 Å². The Morgan fingerprint density at radius 3 is 2.76 bits per heavy atom. The van der Waals surface area contributed by atoms with E-state index < -0.39 is 0 Å². The molecule has 0 saturated heterocycles. The number of rotatable bonds is 11. The van der Waals surface area contributed by atoms with Crippen molar-refractivity contribution >= 4 is 17.3 Å². The van der Waals surface area contributed by atoms with Crippen LogP contribution in [0.5, 0.6) is 0 Å². The van der Waals surface area contributed by atoms with Crippen LogP contribution in [0, 0.1) is 5.92 Å². The van der Waals surface area contributed by atoms with Crippen molar-refractivity contribution in [2.24, 2.45) is 10.9 Å². The van der Waals surface area contributed by atoms with E-state index in [1.165, 1.54) is 42.1 Å². The first-order valence-corrected chi connectivity index (χ1v) is 10.8. The van der Waals surface area contributed by atoms with E-state index in [9.17, 15) is 0 Å². The average Bonchev–Trinajstić information content (AvgIpc) is 3.53. The monoisotopic (exact) mass is 363 g/mol. The van der Waals surface area contributed by atoms with Crippen LogP contribution < -0.4 is 10.6 Å². The smallest absolute Gasteiger partial charge is 0.191 e. The van der Waals surface area contributed by atoms with Crippen molar-refractivity contribution in [3.05, 3.63) is 16.1 Å². The molecule has 2 fully saturated rings. The fourth-order valence-corrected chi connectivity index (χ4v) is 3.90. The molecule has 5 nitrogen and oxygen atoms in total. The normalized spacial score (nSPS) is 18.0. The van der Waals surface area contributed by atoms with Gasteiger partial charge in [0.05, 0.1) is 11.6 Å². The van der Waals surface area contributed by atoms with Gasteiger partial charge >= 0.3 is 0 Å². The van der Waals surface area contributed by atoms with Gasteiger partial charge in [0.1, 0.15) is 0 Å². The number of nitrogens with zero attached hydrogens (tertiary/aromatic N) is 3. The summed E-state index contributed by atoms with van der Waals surface area (Å²) in [6.07, 6.45) is 9.70. The van der Waals surface area contributed by atoms with Crippen LogP contribution in [-0.4, -0.2) is 54.6 Å². The number of hydrogen-bond acceptors (Lipinski definition) is 4. The molecule has 2 aliphatic carbocycles. The molecule has 6 heteroatoms. The lowest BCUT2D eigenvalue weighted by Crippen LogP contribution is -2.39. The zero-order chi connectivity index (χ0) is 17.5. The molecule has 2 saturated carbocycles. The van der Waals surface area contributed by atoms with Crippen LogP contribution >= 0.6 is 11.3 Å². The standard InChI is InChI=1S/C19H33N5S/c1-3-17-13-23-18(25-17)9-10-21-19(20-4-2)22-11-12-24(16-7-8-16)14-15-5-6-15/h13,15-16H,3-12,14H2,1-2H3,(H2,20,21,22). The van der Waals surface area contributed by atoms with Crippen molar-refractivity contribution in [1.82, 2.24) is 20.5 Å². The SMILES string of the molecule is CCNC(=NCCN(CC1CC1)C1CC1)NCCc1ncc(CC)s1. The minimum Gasteiger partial charge on any atom is -0.357 e. The summed E-state index contributed by atoms with van der Waals surface area (Å²) in [6.45, 7) is 9.37. The van der Waals surface area contributed by atoms with Gasteiger partial charge in [0, 0.05) is 49.7 Å². The Morgan fingerprint density at radius 2 is 2.12 bits per heavy atom. The number of aryl methyl sites for hydroxylation is 1. The van der Waals surface area contributed by atoms with Gasteiger partial charge in [0.15, 0.2) is 5.96 Å². The Morgan fingerprint density at radius 1 is 1.28 bits per heavy atom. The molecular formula is C19H33N5S. The first-order chi connectivity index (χ1) is 12.3. The Kier molecular flexibility index (Phi) is 7.11. The molecule has 0 amide bonds. The van der Waals surface area contributed by atoms with E-state index in [1.54, 1.807) is 0 Å². The quantitative estimate of drug-likeness (QED) is 0.469. The predicted molar refractivity (Wildman–Crippen MR) is 106 cm³/mol. The van der Waals surface area contributed by atoms with Crippen molar-refractivity contribution in [3.8, 4) is 0 Å². The van der Waals surface area contributed by atoms with Crippen molar-refractivity contribution in [3.63, 3.8) is 0 Å². The minimum atomic E-state index is 0.851. The zero-order valence-corrected chi connectivity index (χ0v) is 16.6. The number of aliphatic imine (C=N–C) groups is 1. The molecule has 3 rings (SSSR count). The molecule has 1 aromatic heterocycles. The molecule has 1 heterocycles. The second kappa shape index (κ2) is 9.53. The highest BCUT2D eigenvalue weighted by molar-refractivity contribution is 7.11. The van der Waals surface area contributed by atoms with E-state index >= 15 is 0 Å². The van der Waals surface area contributed by atoms with Crippen molar-refractivity contribution < 1.29 is 0 Å². The summed E-state index contributed by atoms with van der Waals surface area (Å²) in [6, 6.07) is 0.851. The lowest BCUT2D eigenvalue weighted by Gasteiger charge is -2.21. The molecule has 0 spiro atoms. The lowest BCUT2D eigenvalue weighted by molar-refractivity contribution is 0.260. The zero-order valence-electron chi connectivity index (χ0n) is 15.8. The minimum absolute atomic E-state index is 0.851. The average molecular weight is 364 g/mol. The van der Waals surface area contributed by atoms with Gasteiger partial charge in [0.25, 0.3) is 0 Å². The summed E-state index contributed by atoms with van der Waals surface area (Å²) >= 11 is 1.82. The van der Waals surface area contributed by atoms with Gasteiger partial charge in [-0.3, -0.25) is 9.89 Å². The van der Waals surface area contributed by atoms with E-state index in [-0.39, 0.29) is 0 Å². The molecule has 0 bridgehead atoms. The number of hydrogen-bond donors (Lipinski definition) is 2. The maximum atomic E-state index is 4.78. The summed E-state index contributed by atoms with van der Waals surface area (Å²) in [5.41, 5.74) is 0. The van der Waals surface area contributed by atoms with E-state index in [2.05, 4.69) is 34.4 Å². The molecule has 0 atom stereocenters. The highest BCUT2D eigenvalue weighted by Crippen LogP contribution is 2.34. The topological polar surface area (TPSA) is 52.6 Å². The first kappa shape index (κ1) is 18.6. The molecule has 0 radical (unpaired) electrons. The molecule has 0 unspecified atom stereocenters. The van der Waals surface area contributed by atoms with Gasteiger partial charge in [-0.2, -0.15) is 0 Å². The first-order valence-electron chi connectivity index (χ1n) is 9.98. The highest BCUT2D eigenvalue weighted by Gasteiger charge is 2.33. The fraction of sp³-hybridized carbons (Fsp3) is 0.789.